The summed E-state index contributed by atoms with van der Waals surface area (Å²) in [6.45, 7) is 4.98. The van der Waals surface area contributed by atoms with E-state index in [0.29, 0.717) is 0 Å². The number of rotatable bonds is 4. The molecule has 0 bridgehead atoms. The van der Waals surface area contributed by atoms with Gasteiger partial charge in [0.1, 0.15) is 11.6 Å². The second kappa shape index (κ2) is 7.24. The Morgan fingerprint density at radius 1 is 1.27 bits per heavy atom. The molecule has 140 valence electrons. The Morgan fingerprint density at radius 3 is 2.46 bits per heavy atom. The zero-order chi connectivity index (χ0) is 19.7. The predicted octanol–water partition coefficient (Wildman–Crippen LogP) is 3.44. The van der Waals surface area contributed by atoms with E-state index in [4.69, 9.17) is 0 Å². The number of carboxylic acid groups (broad SMARTS) is 1. The summed E-state index contributed by atoms with van der Waals surface area (Å²) >= 11 is 3.07. The number of nitrogens with one attached hydrogen (secondary N) is 1. The van der Waals surface area contributed by atoms with E-state index in [-0.39, 0.29) is 10.4 Å². The van der Waals surface area contributed by atoms with E-state index in [2.05, 4.69) is 31.2 Å². The van der Waals surface area contributed by atoms with Gasteiger partial charge in [-0.25, -0.2) is 23.5 Å². The Kier molecular flexibility index (Phi) is 5.62. The lowest BCUT2D eigenvalue weighted by molar-refractivity contribution is -0.0110. The Bertz CT molecular complexity index is 829. The second-order valence-corrected chi connectivity index (χ2v) is 7.56. The lowest BCUT2D eigenvalue weighted by Gasteiger charge is -2.43. The lowest BCUT2D eigenvalue weighted by Crippen LogP contribution is -2.58. The number of amides is 1. The average molecular weight is 430 g/mol. The number of halogens is 3. The van der Waals surface area contributed by atoms with Gasteiger partial charge in [-0.2, -0.15) is 0 Å². The summed E-state index contributed by atoms with van der Waals surface area (Å²) in [6, 6.07) is 2.66. The minimum absolute atomic E-state index is 0.0856. The van der Waals surface area contributed by atoms with Crippen LogP contribution in [0.15, 0.2) is 35.2 Å². The van der Waals surface area contributed by atoms with Crippen LogP contribution in [-0.2, 0) is 5.60 Å². The third kappa shape index (κ3) is 3.99. The minimum atomic E-state index is -2.30. The fourth-order valence-electron chi connectivity index (χ4n) is 2.85. The SMILES string of the molecule is CC(C)(C)C(NC(=O)O)[C@](O)(c1ccnc(Br)n1)c1cc(F)ccc1F. The fraction of sp³-hybridized carbons (Fsp3) is 0.353. The maximum Gasteiger partial charge on any atom is 0.405 e. The van der Waals surface area contributed by atoms with E-state index < -0.39 is 40.3 Å². The van der Waals surface area contributed by atoms with Gasteiger partial charge in [0.25, 0.3) is 0 Å². The zero-order valence-corrected chi connectivity index (χ0v) is 15.9. The molecule has 1 unspecified atom stereocenters. The number of benzene rings is 1. The first-order valence-electron chi connectivity index (χ1n) is 7.62. The summed E-state index contributed by atoms with van der Waals surface area (Å²) in [5.74, 6) is -1.68. The van der Waals surface area contributed by atoms with Crippen molar-refractivity contribution in [1.29, 1.82) is 0 Å². The van der Waals surface area contributed by atoms with E-state index in [1.165, 1.54) is 12.3 Å². The molecule has 3 N–H and O–H groups in total. The van der Waals surface area contributed by atoms with Crippen LogP contribution < -0.4 is 5.32 Å². The molecule has 2 atom stereocenters. The molecular formula is C17H18BrF2N3O3. The monoisotopic (exact) mass is 429 g/mol. The summed E-state index contributed by atoms with van der Waals surface area (Å²) < 4.78 is 28.5. The van der Waals surface area contributed by atoms with E-state index in [0.717, 1.165) is 18.2 Å². The van der Waals surface area contributed by atoms with Crippen LogP contribution in [0, 0.1) is 17.0 Å². The van der Waals surface area contributed by atoms with Crippen LogP contribution in [0.1, 0.15) is 32.0 Å². The minimum Gasteiger partial charge on any atom is -0.465 e. The smallest absolute Gasteiger partial charge is 0.405 e. The summed E-state index contributed by atoms with van der Waals surface area (Å²) in [5, 5.41) is 23.1. The molecule has 0 fully saturated rings. The quantitative estimate of drug-likeness (QED) is 0.647. The molecule has 9 heteroatoms. The Morgan fingerprint density at radius 2 is 1.92 bits per heavy atom. The Balaban J connectivity index is 2.84. The van der Waals surface area contributed by atoms with Crippen LogP contribution in [-0.4, -0.2) is 32.3 Å². The first kappa shape index (κ1) is 20.2. The second-order valence-electron chi connectivity index (χ2n) is 6.85. The maximum atomic E-state index is 14.6. The predicted molar refractivity (Wildman–Crippen MR) is 93.5 cm³/mol. The Hall–Kier alpha value is -2.13. The standard InChI is InChI=1S/C17H18BrF2N3O3/c1-16(2,3)13(23-15(24)25)17(26,12-6-7-21-14(18)22-12)10-8-9(19)4-5-11(10)20/h4-8,13,23,26H,1-3H3,(H,24,25)/t13?,17-/m1/s1. The molecule has 0 aliphatic heterocycles. The van der Waals surface area contributed by atoms with Crippen molar-refractivity contribution in [3.63, 3.8) is 0 Å². The largest absolute Gasteiger partial charge is 0.465 e. The van der Waals surface area contributed by atoms with Gasteiger partial charge in [0.15, 0.2) is 10.3 Å². The van der Waals surface area contributed by atoms with Gasteiger partial charge in [0.05, 0.1) is 11.7 Å². The average Bonchev–Trinajstić information content (AvgIpc) is 2.53. The topological polar surface area (TPSA) is 95.3 Å². The van der Waals surface area contributed by atoms with Crippen molar-refractivity contribution in [2.75, 3.05) is 0 Å². The van der Waals surface area contributed by atoms with Gasteiger partial charge in [-0.15, -0.1) is 0 Å². The number of hydrogen-bond acceptors (Lipinski definition) is 4. The Labute approximate surface area is 157 Å². The molecule has 1 aromatic heterocycles. The van der Waals surface area contributed by atoms with Gasteiger partial charge in [-0.3, -0.25) is 0 Å². The highest BCUT2D eigenvalue weighted by Crippen LogP contribution is 2.41. The molecule has 26 heavy (non-hydrogen) atoms. The van der Waals surface area contributed by atoms with E-state index in [9.17, 15) is 23.8 Å². The summed E-state index contributed by atoms with van der Waals surface area (Å²) in [6.07, 6.45) is -0.108. The van der Waals surface area contributed by atoms with Crippen LogP contribution in [0.5, 0.6) is 0 Å². The summed E-state index contributed by atoms with van der Waals surface area (Å²) in [5.41, 5.74) is -3.70. The molecule has 0 aliphatic carbocycles. The molecule has 1 heterocycles. The first-order chi connectivity index (χ1) is 12.0. The molecule has 0 radical (unpaired) electrons. The van der Waals surface area contributed by atoms with Crippen LogP contribution in [0.2, 0.25) is 0 Å². The van der Waals surface area contributed by atoms with Crippen molar-refractivity contribution in [3.8, 4) is 0 Å². The highest BCUT2D eigenvalue weighted by atomic mass is 79.9. The summed E-state index contributed by atoms with van der Waals surface area (Å²) in [4.78, 5) is 19.3. The van der Waals surface area contributed by atoms with Crippen molar-refractivity contribution in [2.45, 2.75) is 32.4 Å². The van der Waals surface area contributed by atoms with Crippen molar-refractivity contribution in [3.05, 3.63) is 58.1 Å². The number of aromatic nitrogens is 2. The van der Waals surface area contributed by atoms with Gasteiger partial charge in [-0.1, -0.05) is 20.8 Å². The van der Waals surface area contributed by atoms with E-state index in [1.807, 2.05) is 0 Å². The molecule has 0 saturated heterocycles. The van der Waals surface area contributed by atoms with Crippen molar-refractivity contribution in [2.24, 2.45) is 5.41 Å². The van der Waals surface area contributed by atoms with Crippen molar-refractivity contribution in [1.82, 2.24) is 15.3 Å². The van der Waals surface area contributed by atoms with Crippen LogP contribution >= 0.6 is 15.9 Å². The fourth-order valence-corrected chi connectivity index (χ4v) is 3.16. The lowest BCUT2D eigenvalue weighted by atomic mass is 9.71. The molecular weight excluding hydrogens is 412 g/mol. The molecule has 2 aromatic rings. The summed E-state index contributed by atoms with van der Waals surface area (Å²) in [7, 11) is 0. The molecule has 2 rings (SSSR count). The molecule has 1 aromatic carbocycles. The maximum absolute atomic E-state index is 14.6. The number of nitrogens with zero attached hydrogens (tertiary/aromatic N) is 2. The first-order valence-corrected chi connectivity index (χ1v) is 8.42. The van der Waals surface area contributed by atoms with Gasteiger partial charge < -0.3 is 15.5 Å². The number of hydrogen-bond donors (Lipinski definition) is 3. The van der Waals surface area contributed by atoms with Crippen molar-refractivity contribution >= 4 is 22.0 Å². The third-order valence-electron chi connectivity index (χ3n) is 3.91. The van der Waals surface area contributed by atoms with Gasteiger partial charge in [0, 0.05) is 11.8 Å². The van der Waals surface area contributed by atoms with Gasteiger partial charge in [0.2, 0.25) is 0 Å². The normalized spacial score (nSPS) is 15.2. The highest BCUT2D eigenvalue weighted by Gasteiger charge is 2.50. The molecule has 0 saturated carbocycles. The van der Waals surface area contributed by atoms with Crippen molar-refractivity contribution < 1.29 is 23.8 Å². The number of aliphatic hydroxyl groups is 1. The van der Waals surface area contributed by atoms with E-state index in [1.54, 1.807) is 20.8 Å². The van der Waals surface area contributed by atoms with E-state index >= 15 is 0 Å². The van der Waals surface area contributed by atoms with Crippen LogP contribution in [0.4, 0.5) is 13.6 Å². The van der Waals surface area contributed by atoms with Gasteiger partial charge >= 0.3 is 6.09 Å². The molecule has 0 spiro atoms. The highest BCUT2D eigenvalue weighted by molar-refractivity contribution is 9.10. The molecule has 6 nitrogen and oxygen atoms in total. The van der Waals surface area contributed by atoms with Crippen LogP contribution in [0.3, 0.4) is 0 Å². The van der Waals surface area contributed by atoms with Gasteiger partial charge in [-0.05, 0) is 45.6 Å². The number of carbonyl (C=O) groups is 1. The third-order valence-corrected chi connectivity index (χ3v) is 4.29. The zero-order valence-electron chi connectivity index (χ0n) is 14.3. The molecule has 1 amide bonds. The van der Waals surface area contributed by atoms with Crippen LogP contribution in [0.25, 0.3) is 0 Å². The molecule has 0 aliphatic rings.